The molecule has 0 atom stereocenters. The lowest BCUT2D eigenvalue weighted by atomic mass is 10.2. The van der Waals surface area contributed by atoms with Crippen molar-refractivity contribution in [1.82, 2.24) is 0 Å². The molecule has 0 fully saturated rings. The minimum atomic E-state index is 0.651. The number of nitrogens with two attached hydrogens (primary N) is 1. The van der Waals surface area contributed by atoms with Crippen LogP contribution in [-0.4, -0.2) is 0 Å². The van der Waals surface area contributed by atoms with Crippen molar-refractivity contribution in [3.8, 4) is 6.07 Å². The monoisotopic (exact) mass is 206 g/mol. The van der Waals surface area contributed by atoms with E-state index in [1.807, 2.05) is 18.2 Å². The first-order valence-electron chi connectivity index (χ1n) is 3.63. The SMILES string of the molecule is N#Cc1cc2cc(N)c(S)cc2s1. The summed E-state index contributed by atoms with van der Waals surface area (Å²) < 4.78 is 1.05. The quantitative estimate of drug-likeness (QED) is 0.514. The third-order valence-corrected chi connectivity index (χ3v) is 3.17. The van der Waals surface area contributed by atoms with Gasteiger partial charge < -0.3 is 5.73 Å². The Labute approximate surface area is 85.0 Å². The van der Waals surface area contributed by atoms with Gasteiger partial charge in [-0.15, -0.1) is 24.0 Å². The predicted molar refractivity (Wildman–Crippen MR) is 58.2 cm³/mol. The number of nitriles is 1. The number of hydrogen-bond acceptors (Lipinski definition) is 4. The highest BCUT2D eigenvalue weighted by Crippen LogP contribution is 2.30. The topological polar surface area (TPSA) is 49.8 Å². The van der Waals surface area contributed by atoms with Crippen LogP contribution in [0.3, 0.4) is 0 Å². The van der Waals surface area contributed by atoms with Gasteiger partial charge >= 0.3 is 0 Å². The minimum Gasteiger partial charge on any atom is -0.398 e. The van der Waals surface area contributed by atoms with Crippen LogP contribution >= 0.6 is 24.0 Å². The molecule has 13 heavy (non-hydrogen) atoms. The fraction of sp³-hybridized carbons (Fsp3) is 0. The highest BCUT2D eigenvalue weighted by Gasteiger charge is 2.03. The van der Waals surface area contributed by atoms with Crippen molar-refractivity contribution >= 4 is 39.7 Å². The Morgan fingerprint density at radius 1 is 1.38 bits per heavy atom. The zero-order valence-electron chi connectivity index (χ0n) is 6.61. The number of thiol groups is 1. The minimum absolute atomic E-state index is 0.651. The Kier molecular flexibility index (Phi) is 1.91. The van der Waals surface area contributed by atoms with Crippen LogP contribution in [0.2, 0.25) is 0 Å². The van der Waals surface area contributed by atoms with E-state index < -0.39 is 0 Å². The van der Waals surface area contributed by atoms with E-state index in [4.69, 9.17) is 11.0 Å². The average molecular weight is 206 g/mol. The fourth-order valence-corrected chi connectivity index (χ4v) is 2.31. The molecule has 2 rings (SSSR count). The molecule has 0 unspecified atom stereocenters. The molecule has 2 N–H and O–H groups in total. The molecule has 0 amide bonds. The number of nitrogens with zero attached hydrogens (tertiary/aromatic N) is 1. The van der Waals surface area contributed by atoms with E-state index in [0.29, 0.717) is 10.6 Å². The number of nitrogen functional groups attached to an aromatic ring is 1. The first kappa shape index (κ1) is 8.42. The van der Waals surface area contributed by atoms with Crippen LogP contribution in [0, 0.1) is 11.3 Å². The molecule has 0 aliphatic heterocycles. The molecule has 0 bridgehead atoms. The van der Waals surface area contributed by atoms with Crippen LogP contribution in [0.1, 0.15) is 4.88 Å². The molecule has 2 aromatic rings. The molecule has 1 heterocycles. The van der Waals surface area contributed by atoms with Gasteiger partial charge in [0.1, 0.15) is 10.9 Å². The number of hydrogen-bond donors (Lipinski definition) is 2. The van der Waals surface area contributed by atoms with Gasteiger partial charge in [0.25, 0.3) is 0 Å². The van der Waals surface area contributed by atoms with E-state index in [9.17, 15) is 0 Å². The molecule has 0 radical (unpaired) electrons. The Morgan fingerprint density at radius 2 is 2.15 bits per heavy atom. The van der Waals surface area contributed by atoms with Crippen molar-refractivity contribution in [2.75, 3.05) is 5.73 Å². The van der Waals surface area contributed by atoms with Gasteiger partial charge in [0, 0.05) is 15.3 Å². The maximum Gasteiger partial charge on any atom is 0.110 e. The van der Waals surface area contributed by atoms with Gasteiger partial charge in [-0.05, 0) is 23.6 Å². The summed E-state index contributed by atoms with van der Waals surface area (Å²) >= 11 is 5.67. The molecule has 4 heteroatoms. The maximum absolute atomic E-state index is 8.69. The molecule has 0 saturated carbocycles. The Bertz CT molecular complexity index is 469. The molecule has 2 nitrogen and oxygen atoms in total. The molecule has 0 saturated heterocycles. The molecule has 0 aliphatic rings. The summed E-state index contributed by atoms with van der Waals surface area (Å²) in [4.78, 5) is 1.46. The highest BCUT2D eigenvalue weighted by molar-refractivity contribution is 7.80. The van der Waals surface area contributed by atoms with Crippen molar-refractivity contribution in [3.63, 3.8) is 0 Å². The molecule has 0 spiro atoms. The van der Waals surface area contributed by atoms with Crippen molar-refractivity contribution in [1.29, 1.82) is 5.26 Å². The Hall–Kier alpha value is -1.18. The van der Waals surface area contributed by atoms with Crippen LogP contribution in [0.25, 0.3) is 10.1 Å². The summed E-state index contributed by atoms with van der Waals surface area (Å²) in [6.45, 7) is 0. The second-order valence-corrected chi connectivity index (χ2v) is 4.24. The Morgan fingerprint density at radius 3 is 2.85 bits per heavy atom. The molecular formula is C9H6N2S2. The molecule has 64 valence electrons. The number of fused-ring (bicyclic) bond motifs is 1. The second-order valence-electron chi connectivity index (χ2n) is 2.67. The van der Waals surface area contributed by atoms with Gasteiger partial charge in [0.05, 0.1) is 0 Å². The third-order valence-electron chi connectivity index (χ3n) is 1.78. The third kappa shape index (κ3) is 1.37. The lowest BCUT2D eigenvalue weighted by Crippen LogP contribution is -1.84. The van der Waals surface area contributed by atoms with Crippen LogP contribution in [0.4, 0.5) is 5.69 Å². The van der Waals surface area contributed by atoms with Crippen LogP contribution in [-0.2, 0) is 0 Å². The maximum atomic E-state index is 8.69. The van der Waals surface area contributed by atoms with Gasteiger partial charge in [-0.3, -0.25) is 0 Å². The van der Waals surface area contributed by atoms with E-state index in [1.54, 1.807) is 0 Å². The first-order valence-corrected chi connectivity index (χ1v) is 4.89. The highest BCUT2D eigenvalue weighted by atomic mass is 32.1. The number of benzene rings is 1. The van der Waals surface area contributed by atoms with E-state index in [-0.39, 0.29) is 0 Å². The largest absolute Gasteiger partial charge is 0.398 e. The van der Waals surface area contributed by atoms with Gasteiger partial charge in [-0.2, -0.15) is 5.26 Å². The van der Waals surface area contributed by atoms with Crippen molar-refractivity contribution in [2.24, 2.45) is 0 Å². The van der Waals surface area contributed by atoms with Gasteiger partial charge in [-0.1, -0.05) is 0 Å². The summed E-state index contributed by atoms with van der Waals surface area (Å²) in [6, 6.07) is 7.68. The standard InChI is InChI=1S/C9H6N2S2/c10-4-6-1-5-2-7(11)8(12)3-9(5)13-6/h1-3,12H,11H2. The molecular weight excluding hydrogens is 200 g/mol. The van der Waals surface area contributed by atoms with E-state index in [1.165, 1.54) is 11.3 Å². The first-order chi connectivity index (χ1) is 6.20. The number of anilines is 1. The lowest BCUT2D eigenvalue weighted by Gasteiger charge is -1.97. The smallest absolute Gasteiger partial charge is 0.110 e. The van der Waals surface area contributed by atoms with Gasteiger partial charge in [0.2, 0.25) is 0 Å². The van der Waals surface area contributed by atoms with E-state index >= 15 is 0 Å². The summed E-state index contributed by atoms with van der Waals surface area (Å²) in [5, 5.41) is 9.70. The molecule has 0 aliphatic carbocycles. The summed E-state index contributed by atoms with van der Waals surface area (Å²) in [5.41, 5.74) is 6.33. The predicted octanol–water partition coefficient (Wildman–Crippen LogP) is 2.64. The normalized spacial score (nSPS) is 10.2. The Balaban J connectivity index is 2.79. The van der Waals surface area contributed by atoms with Crippen molar-refractivity contribution in [3.05, 3.63) is 23.1 Å². The van der Waals surface area contributed by atoms with Gasteiger partial charge in [0.15, 0.2) is 0 Å². The van der Waals surface area contributed by atoms with E-state index in [0.717, 1.165) is 15.0 Å². The number of rotatable bonds is 0. The zero-order chi connectivity index (χ0) is 9.42. The zero-order valence-corrected chi connectivity index (χ0v) is 8.32. The van der Waals surface area contributed by atoms with Crippen LogP contribution < -0.4 is 5.73 Å². The molecule has 1 aromatic carbocycles. The summed E-state index contributed by atoms with van der Waals surface area (Å²) in [6.07, 6.45) is 0. The van der Waals surface area contributed by atoms with Crippen LogP contribution in [0.15, 0.2) is 23.1 Å². The van der Waals surface area contributed by atoms with Crippen molar-refractivity contribution in [2.45, 2.75) is 4.90 Å². The van der Waals surface area contributed by atoms with Crippen molar-refractivity contribution < 1.29 is 0 Å². The second kappa shape index (κ2) is 2.95. The molecule has 1 aromatic heterocycles. The van der Waals surface area contributed by atoms with Crippen LogP contribution in [0.5, 0.6) is 0 Å². The summed E-state index contributed by atoms with van der Waals surface area (Å²) in [5.74, 6) is 0. The van der Waals surface area contributed by atoms with E-state index in [2.05, 4.69) is 18.7 Å². The lowest BCUT2D eigenvalue weighted by molar-refractivity contribution is 1.52. The summed E-state index contributed by atoms with van der Waals surface area (Å²) in [7, 11) is 0. The average Bonchev–Trinajstić information content (AvgIpc) is 2.48. The fourth-order valence-electron chi connectivity index (χ4n) is 1.15. The van der Waals surface area contributed by atoms with Gasteiger partial charge in [-0.25, -0.2) is 0 Å². The number of thiophene rings is 1.